The second-order valence-corrected chi connectivity index (χ2v) is 6.64. The first-order valence-electron chi connectivity index (χ1n) is 6.75. The van der Waals surface area contributed by atoms with Crippen LogP contribution in [0.5, 0.6) is 0 Å². The molecule has 6 nitrogen and oxygen atoms in total. The van der Waals surface area contributed by atoms with Gasteiger partial charge >= 0.3 is 0 Å². The van der Waals surface area contributed by atoms with E-state index in [1.54, 1.807) is 4.57 Å². The zero-order valence-corrected chi connectivity index (χ0v) is 11.9. The molecule has 2 unspecified atom stereocenters. The third-order valence-corrected chi connectivity index (χ3v) is 4.91. The molecule has 1 heterocycles. The number of hydrogen-bond acceptors (Lipinski definition) is 4. The van der Waals surface area contributed by atoms with Crippen molar-refractivity contribution >= 4 is 10.0 Å². The van der Waals surface area contributed by atoms with Crippen molar-refractivity contribution in [3.05, 3.63) is 12.5 Å². The molecule has 0 spiro atoms. The highest BCUT2D eigenvalue weighted by Crippen LogP contribution is 2.19. The summed E-state index contributed by atoms with van der Waals surface area (Å²) in [5.74, 6) is 0. The highest BCUT2D eigenvalue weighted by atomic mass is 32.2. The molecule has 0 bridgehead atoms. The van der Waals surface area contributed by atoms with Crippen LogP contribution in [0.1, 0.15) is 39.0 Å². The summed E-state index contributed by atoms with van der Waals surface area (Å²) in [4.78, 5) is 3.90. The van der Waals surface area contributed by atoms with Crippen LogP contribution in [-0.2, 0) is 16.6 Å². The first-order chi connectivity index (χ1) is 9.03. The molecule has 0 aliphatic heterocycles. The molecule has 1 aliphatic rings. The van der Waals surface area contributed by atoms with Crippen molar-refractivity contribution in [3.63, 3.8) is 0 Å². The Kier molecular flexibility index (Phi) is 4.59. The van der Waals surface area contributed by atoms with Crippen LogP contribution in [-0.4, -0.2) is 35.2 Å². The minimum Gasteiger partial charge on any atom is -0.391 e. The lowest BCUT2D eigenvalue weighted by molar-refractivity contribution is 0.130. The van der Waals surface area contributed by atoms with E-state index in [9.17, 15) is 13.5 Å². The fourth-order valence-corrected chi connectivity index (χ4v) is 3.59. The van der Waals surface area contributed by atoms with Crippen molar-refractivity contribution in [1.82, 2.24) is 14.3 Å². The number of imidazole rings is 1. The van der Waals surface area contributed by atoms with Crippen molar-refractivity contribution < 1.29 is 13.5 Å². The average molecular weight is 287 g/mol. The largest absolute Gasteiger partial charge is 0.391 e. The second kappa shape index (κ2) is 6.02. The van der Waals surface area contributed by atoms with Crippen LogP contribution in [0.3, 0.4) is 0 Å². The van der Waals surface area contributed by atoms with E-state index in [1.807, 2.05) is 6.92 Å². The van der Waals surface area contributed by atoms with Crippen molar-refractivity contribution in [1.29, 1.82) is 0 Å². The van der Waals surface area contributed by atoms with E-state index in [1.165, 1.54) is 12.5 Å². The lowest BCUT2D eigenvalue weighted by Crippen LogP contribution is -2.42. The Bertz CT molecular complexity index is 512. The molecular weight excluding hydrogens is 266 g/mol. The Hall–Kier alpha value is -0.920. The molecule has 1 aliphatic carbocycles. The SMILES string of the molecule is CCn1cnc(S(=O)(=O)NC2CCCCCC2O)c1. The summed E-state index contributed by atoms with van der Waals surface area (Å²) in [6, 6.07) is -0.403. The number of aryl methyl sites for hydroxylation is 1. The predicted molar refractivity (Wildman–Crippen MR) is 71.1 cm³/mol. The molecule has 7 heteroatoms. The predicted octanol–water partition coefficient (Wildman–Crippen LogP) is 0.875. The van der Waals surface area contributed by atoms with Gasteiger partial charge in [0.1, 0.15) is 0 Å². The van der Waals surface area contributed by atoms with Crippen LogP contribution in [0.25, 0.3) is 0 Å². The van der Waals surface area contributed by atoms with Gasteiger partial charge in [0.05, 0.1) is 12.4 Å². The third kappa shape index (κ3) is 3.55. The maximum absolute atomic E-state index is 12.2. The Balaban J connectivity index is 2.11. The molecule has 2 atom stereocenters. The fraction of sp³-hybridized carbons (Fsp3) is 0.750. The Morgan fingerprint density at radius 2 is 2.16 bits per heavy atom. The molecule has 0 aromatic carbocycles. The van der Waals surface area contributed by atoms with Gasteiger partial charge in [-0.25, -0.2) is 18.1 Å². The zero-order valence-electron chi connectivity index (χ0n) is 11.1. The minimum atomic E-state index is -3.64. The molecule has 2 rings (SSSR count). The summed E-state index contributed by atoms with van der Waals surface area (Å²) in [5.41, 5.74) is 0. The van der Waals surface area contributed by atoms with Crippen molar-refractivity contribution in [2.24, 2.45) is 0 Å². The Morgan fingerprint density at radius 1 is 1.42 bits per heavy atom. The molecule has 108 valence electrons. The normalized spacial score (nSPS) is 25.2. The van der Waals surface area contributed by atoms with Crippen LogP contribution >= 0.6 is 0 Å². The molecule has 1 aromatic rings. The average Bonchev–Trinajstić information content (AvgIpc) is 2.78. The number of sulfonamides is 1. The van der Waals surface area contributed by atoms with Crippen molar-refractivity contribution in [3.8, 4) is 0 Å². The van der Waals surface area contributed by atoms with Gasteiger partial charge in [0, 0.05) is 18.8 Å². The van der Waals surface area contributed by atoms with Crippen LogP contribution < -0.4 is 4.72 Å². The molecule has 1 fully saturated rings. The molecule has 0 saturated heterocycles. The molecule has 0 radical (unpaired) electrons. The molecule has 19 heavy (non-hydrogen) atoms. The summed E-state index contributed by atoms with van der Waals surface area (Å²) in [5, 5.41) is 9.98. The van der Waals surface area contributed by atoms with Gasteiger partial charge in [-0.1, -0.05) is 19.3 Å². The van der Waals surface area contributed by atoms with Gasteiger partial charge in [-0.05, 0) is 19.8 Å². The maximum Gasteiger partial charge on any atom is 0.259 e. The summed E-state index contributed by atoms with van der Waals surface area (Å²) in [6.45, 7) is 2.59. The number of nitrogens with zero attached hydrogens (tertiary/aromatic N) is 2. The van der Waals surface area contributed by atoms with E-state index in [2.05, 4.69) is 9.71 Å². The van der Waals surface area contributed by atoms with Gasteiger partial charge in [0.2, 0.25) is 0 Å². The Labute approximate surface area is 113 Å². The van der Waals surface area contributed by atoms with E-state index in [0.717, 1.165) is 19.3 Å². The summed E-state index contributed by atoms with van der Waals surface area (Å²) in [7, 11) is -3.64. The lowest BCUT2D eigenvalue weighted by atomic mass is 10.1. The minimum absolute atomic E-state index is 0.0193. The van der Waals surface area contributed by atoms with E-state index in [-0.39, 0.29) is 5.03 Å². The van der Waals surface area contributed by atoms with Crippen molar-refractivity contribution in [2.45, 2.75) is 62.7 Å². The quantitative estimate of drug-likeness (QED) is 0.805. The number of hydrogen-bond donors (Lipinski definition) is 2. The summed E-state index contributed by atoms with van der Waals surface area (Å²) in [6.07, 6.45) is 6.65. The van der Waals surface area contributed by atoms with E-state index in [0.29, 0.717) is 19.4 Å². The molecule has 0 amide bonds. The highest BCUT2D eigenvalue weighted by Gasteiger charge is 2.28. The highest BCUT2D eigenvalue weighted by molar-refractivity contribution is 7.89. The second-order valence-electron chi connectivity index (χ2n) is 4.98. The van der Waals surface area contributed by atoms with Gasteiger partial charge in [-0.2, -0.15) is 0 Å². The van der Waals surface area contributed by atoms with Crippen LogP contribution in [0.2, 0.25) is 0 Å². The van der Waals surface area contributed by atoms with Gasteiger partial charge in [-0.15, -0.1) is 0 Å². The van der Waals surface area contributed by atoms with Crippen LogP contribution in [0, 0.1) is 0 Å². The van der Waals surface area contributed by atoms with E-state index >= 15 is 0 Å². The summed E-state index contributed by atoms with van der Waals surface area (Å²) < 4.78 is 28.7. The smallest absolute Gasteiger partial charge is 0.259 e. The number of aliphatic hydroxyl groups excluding tert-OH is 1. The van der Waals surface area contributed by atoms with E-state index < -0.39 is 22.2 Å². The summed E-state index contributed by atoms with van der Waals surface area (Å²) >= 11 is 0. The third-order valence-electron chi connectivity index (χ3n) is 3.54. The molecular formula is C12H21N3O3S. The van der Waals surface area contributed by atoms with Crippen LogP contribution in [0.15, 0.2) is 17.6 Å². The van der Waals surface area contributed by atoms with Gasteiger partial charge < -0.3 is 9.67 Å². The fourth-order valence-electron chi connectivity index (χ4n) is 2.34. The zero-order chi connectivity index (χ0) is 13.9. The number of aromatic nitrogens is 2. The number of nitrogens with one attached hydrogen (secondary N) is 1. The standard InChI is InChI=1S/C12H21N3O3S/c1-2-15-8-12(13-9-15)19(17,18)14-10-6-4-3-5-7-11(10)16/h8-11,14,16H,2-7H2,1H3. The maximum atomic E-state index is 12.2. The van der Waals surface area contributed by atoms with Gasteiger partial charge in [0.25, 0.3) is 10.0 Å². The number of rotatable bonds is 4. The molecule has 1 aromatic heterocycles. The first-order valence-corrected chi connectivity index (χ1v) is 8.23. The topological polar surface area (TPSA) is 84.2 Å². The monoisotopic (exact) mass is 287 g/mol. The van der Waals surface area contributed by atoms with Crippen molar-refractivity contribution in [2.75, 3.05) is 0 Å². The van der Waals surface area contributed by atoms with Gasteiger partial charge in [0.15, 0.2) is 5.03 Å². The van der Waals surface area contributed by atoms with Gasteiger partial charge in [-0.3, -0.25) is 0 Å². The van der Waals surface area contributed by atoms with Crippen LogP contribution in [0.4, 0.5) is 0 Å². The number of aliphatic hydroxyl groups is 1. The molecule has 2 N–H and O–H groups in total. The Morgan fingerprint density at radius 3 is 2.84 bits per heavy atom. The van der Waals surface area contributed by atoms with E-state index in [4.69, 9.17) is 0 Å². The molecule has 1 saturated carbocycles. The lowest BCUT2D eigenvalue weighted by Gasteiger charge is -2.20. The first kappa shape index (κ1) is 14.5.